The maximum atomic E-state index is 6.02. The summed E-state index contributed by atoms with van der Waals surface area (Å²) in [5.41, 5.74) is 1.01. The molecule has 2 aromatic rings. The molecule has 1 aliphatic rings. The lowest BCUT2D eigenvalue weighted by atomic mass is 10.2. The summed E-state index contributed by atoms with van der Waals surface area (Å²) in [6.07, 6.45) is 4.76. The van der Waals surface area contributed by atoms with Gasteiger partial charge in [0.05, 0.1) is 11.0 Å². The molecule has 20 heavy (non-hydrogen) atoms. The quantitative estimate of drug-likeness (QED) is 0.846. The zero-order valence-electron chi connectivity index (χ0n) is 11.5. The van der Waals surface area contributed by atoms with Crippen LogP contribution in [0.1, 0.15) is 19.7 Å². The molecule has 3 rings (SSSR count). The molecule has 3 nitrogen and oxygen atoms in total. The van der Waals surface area contributed by atoms with Gasteiger partial charge in [0.15, 0.2) is 11.5 Å². The second kappa shape index (κ2) is 4.94. The number of hydrogen-bond acceptors (Lipinski definition) is 2. The Morgan fingerprint density at radius 1 is 1.45 bits per heavy atom. The van der Waals surface area contributed by atoms with Gasteiger partial charge in [0, 0.05) is 10.9 Å². The summed E-state index contributed by atoms with van der Waals surface area (Å²) in [5, 5.41) is 1.69. The van der Waals surface area contributed by atoms with Crippen LogP contribution in [0.3, 0.4) is 0 Å². The number of imidazole rings is 1. The molecule has 4 heteroatoms. The summed E-state index contributed by atoms with van der Waals surface area (Å²) in [7, 11) is 0. The Morgan fingerprint density at radius 3 is 2.95 bits per heavy atom. The lowest BCUT2D eigenvalue weighted by Gasteiger charge is -2.20. The van der Waals surface area contributed by atoms with Crippen LogP contribution in [-0.4, -0.2) is 9.55 Å². The highest BCUT2D eigenvalue weighted by Crippen LogP contribution is 2.30. The normalized spacial score (nSPS) is 13.2. The zero-order valence-corrected chi connectivity index (χ0v) is 13.1. The van der Waals surface area contributed by atoms with Gasteiger partial charge >= 0.3 is 0 Å². The Bertz CT molecular complexity index is 818. The summed E-state index contributed by atoms with van der Waals surface area (Å²) in [6.45, 7) is 8.11. The molecule has 0 spiro atoms. The van der Waals surface area contributed by atoms with Crippen molar-refractivity contribution in [3.05, 3.63) is 51.3 Å². The third kappa shape index (κ3) is 1.91. The topological polar surface area (TPSA) is 27.1 Å². The molecule has 1 aliphatic heterocycles. The number of benzene rings is 1. The smallest absolute Gasteiger partial charge is 0.153 e. The minimum atomic E-state index is 0.753. The zero-order chi connectivity index (χ0) is 14.3. The summed E-state index contributed by atoms with van der Waals surface area (Å²) in [4.78, 5) is 4.57. The fraction of sp³-hybridized carbons (Fsp3) is 0.188. The van der Waals surface area contributed by atoms with Crippen molar-refractivity contribution in [2.45, 2.75) is 20.3 Å². The Kier molecular flexibility index (Phi) is 3.26. The highest BCUT2D eigenvalue weighted by molar-refractivity contribution is 9.10. The molecule has 0 bridgehead atoms. The Labute approximate surface area is 126 Å². The van der Waals surface area contributed by atoms with Gasteiger partial charge in [0.25, 0.3) is 0 Å². The van der Waals surface area contributed by atoms with Crippen molar-refractivity contribution in [2.24, 2.45) is 0 Å². The maximum absolute atomic E-state index is 6.02. The largest absolute Gasteiger partial charge is 0.453 e. The van der Waals surface area contributed by atoms with E-state index in [1.807, 2.05) is 37.3 Å². The standard InChI is InChI=1S/C16H15BrN2O/c1-4-6-13-16-10(3)18-15(5-2)19(16)12-8-7-11(17)9-14(12)20-13/h4,6-9H,3,5H2,1-2H3/b6-4-. The van der Waals surface area contributed by atoms with E-state index in [-0.39, 0.29) is 0 Å². The van der Waals surface area contributed by atoms with Gasteiger partial charge in [0.2, 0.25) is 0 Å². The van der Waals surface area contributed by atoms with Crippen molar-refractivity contribution in [3.63, 3.8) is 0 Å². The molecule has 1 aromatic heterocycles. The number of fused-ring (bicyclic) bond motifs is 3. The predicted molar refractivity (Wildman–Crippen MR) is 84.3 cm³/mol. The predicted octanol–water partition coefficient (Wildman–Crippen LogP) is 2.68. The first-order valence-corrected chi connectivity index (χ1v) is 7.36. The maximum Gasteiger partial charge on any atom is 0.153 e. The van der Waals surface area contributed by atoms with Gasteiger partial charge in [-0.05, 0) is 31.2 Å². The third-order valence-electron chi connectivity index (χ3n) is 3.27. The minimum absolute atomic E-state index is 0.753. The van der Waals surface area contributed by atoms with Gasteiger partial charge in [-0.1, -0.05) is 35.5 Å². The molecule has 0 radical (unpaired) electrons. The van der Waals surface area contributed by atoms with Crippen LogP contribution in [0.2, 0.25) is 0 Å². The van der Waals surface area contributed by atoms with Crippen LogP contribution >= 0.6 is 15.9 Å². The summed E-state index contributed by atoms with van der Waals surface area (Å²) < 4.78 is 9.15. The summed E-state index contributed by atoms with van der Waals surface area (Å²) >= 11 is 3.49. The highest BCUT2D eigenvalue weighted by atomic mass is 79.9. The number of aromatic nitrogens is 2. The van der Waals surface area contributed by atoms with E-state index < -0.39 is 0 Å². The molecule has 0 saturated carbocycles. The van der Waals surface area contributed by atoms with Crippen LogP contribution in [0, 0.1) is 0 Å². The Morgan fingerprint density at radius 2 is 2.25 bits per heavy atom. The number of aryl methyl sites for hydroxylation is 1. The second-order valence-electron chi connectivity index (χ2n) is 4.59. The molecule has 0 N–H and O–H groups in total. The van der Waals surface area contributed by atoms with Crippen molar-refractivity contribution in [1.29, 1.82) is 0 Å². The van der Waals surface area contributed by atoms with Crippen LogP contribution in [0.5, 0.6) is 5.75 Å². The van der Waals surface area contributed by atoms with Gasteiger partial charge in [-0.2, -0.15) is 0 Å². The molecular weight excluding hydrogens is 316 g/mol. The van der Waals surface area contributed by atoms with Gasteiger partial charge < -0.3 is 4.74 Å². The van der Waals surface area contributed by atoms with Gasteiger partial charge in [0.1, 0.15) is 11.2 Å². The average Bonchev–Trinajstić information content (AvgIpc) is 2.76. The van der Waals surface area contributed by atoms with Gasteiger partial charge in [-0.15, -0.1) is 0 Å². The van der Waals surface area contributed by atoms with E-state index in [1.54, 1.807) is 0 Å². The molecule has 1 aromatic carbocycles. The molecule has 0 saturated heterocycles. The molecule has 102 valence electrons. The van der Waals surface area contributed by atoms with E-state index >= 15 is 0 Å². The van der Waals surface area contributed by atoms with Crippen molar-refractivity contribution < 1.29 is 4.74 Å². The van der Waals surface area contributed by atoms with E-state index in [1.165, 1.54) is 0 Å². The van der Waals surface area contributed by atoms with Gasteiger partial charge in [-0.3, -0.25) is 4.57 Å². The molecule has 0 aliphatic carbocycles. The van der Waals surface area contributed by atoms with Crippen molar-refractivity contribution in [1.82, 2.24) is 9.55 Å². The average molecular weight is 331 g/mol. The molecule has 0 atom stereocenters. The lowest BCUT2D eigenvalue weighted by Crippen LogP contribution is -2.35. The lowest BCUT2D eigenvalue weighted by molar-refractivity contribution is 0.493. The van der Waals surface area contributed by atoms with Crippen LogP contribution < -0.4 is 15.4 Å². The number of hydrogen-bond donors (Lipinski definition) is 0. The van der Waals surface area contributed by atoms with Crippen LogP contribution in [0.15, 0.2) is 34.8 Å². The molecule has 0 fully saturated rings. The minimum Gasteiger partial charge on any atom is -0.453 e. The first-order chi connectivity index (χ1) is 9.65. The number of halogens is 1. The monoisotopic (exact) mass is 330 g/mol. The number of allylic oxidation sites excluding steroid dienone is 1. The highest BCUT2D eigenvalue weighted by Gasteiger charge is 2.20. The van der Waals surface area contributed by atoms with Gasteiger partial charge in [-0.25, -0.2) is 4.98 Å². The van der Waals surface area contributed by atoms with Crippen LogP contribution in [0.25, 0.3) is 18.0 Å². The SMILES string of the molecule is C=c1nc(CC)n2c1=C(/C=C\C)Oc1cc(Br)ccc1-2. The van der Waals surface area contributed by atoms with Crippen molar-refractivity contribution in [2.75, 3.05) is 0 Å². The summed E-state index contributed by atoms with van der Waals surface area (Å²) in [6, 6.07) is 6.02. The van der Waals surface area contributed by atoms with E-state index in [9.17, 15) is 0 Å². The third-order valence-corrected chi connectivity index (χ3v) is 3.76. The van der Waals surface area contributed by atoms with E-state index in [0.29, 0.717) is 0 Å². The summed E-state index contributed by atoms with van der Waals surface area (Å²) in [5.74, 6) is 2.61. The fourth-order valence-corrected chi connectivity index (χ4v) is 2.79. The van der Waals surface area contributed by atoms with Crippen LogP contribution in [0.4, 0.5) is 0 Å². The second-order valence-corrected chi connectivity index (χ2v) is 5.51. The van der Waals surface area contributed by atoms with Crippen LogP contribution in [-0.2, 0) is 6.42 Å². The van der Waals surface area contributed by atoms with E-state index in [2.05, 4.69) is 39.0 Å². The van der Waals surface area contributed by atoms with Crippen molar-refractivity contribution in [3.8, 4) is 11.4 Å². The Hall–Kier alpha value is -1.81. The van der Waals surface area contributed by atoms with E-state index in [4.69, 9.17) is 4.74 Å². The van der Waals surface area contributed by atoms with E-state index in [0.717, 1.165) is 44.6 Å². The molecular formula is C16H15BrN2O. The first kappa shape index (κ1) is 13.2. The number of rotatable bonds is 2. The fourth-order valence-electron chi connectivity index (χ4n) is 2.45. The molecule has 0 amide bonds. The number of nitrogens with zero attached hydrogens (tertiary/aromatic N) is 2. The Balaban J connectivity index is 2.44. The first-order valence-electron chi connectivity index (χ1n) is 6.57. The molecule has 2 heterocycles. The van der Waals surface area contributed by atoms with Crippen molar-refractivity contribution >= 4 is 28.3 Å². The molecule has 0 unspecified atom stereocenters. The number of ether oxygens (including phenoxy) is 1.